The second kappa shape index (κ2) is 15.4. The Labute approximate surface area is 287 Å². The topological polar surface area (TPSA) is 143 Å². The zero-order valence-electron chi connectivity index (χ0n) is 26.7. The monoisotopic (exact) mass is 691 g/mol. The third-order valence-electron chi connectivity index (χ3n) is 8.67. The molecule has 0 radical (unpaired) electrons. The molecular weight excluding hydrogens is 654 g/mol. The van der Waals surface area contributed by atoms with E-state index in [-0.39, 0.29) is 6.10 Å². The molecule has 14 nitrogen and oxygen atoms in total. The summed E-state index contributed by atoms with van der Waals surface area (Å²) >= 11 is 8.08. The van der Waals surface area contributed by atoms with Crippen LogP contribution in [-0.4, -0.2) is 94.9 Å². The third kappa shape index (κ3) is 8.09. The predicted octanol–water partition coefficient (Wildman–Crippen LogP) is 5.09. The maximum Gasteiger partial charge on any atom is 0.256 e. The zero-order valence-corrected chi connectivity index (χ0v) is 28.3. The molecule has 0 spiro atoms. The number of ether oxygens (including phenoxy) is 3. The van der Waals surface area contributed by atoms with E-state index in [9.17, 15) is 0 Å². The van der Waals surface area contributed by atoms with Crippen molar-refractivity contribution in [3.63, 3.8) is 0 Å². The van der Waals surface area contributed by atoms with Crippen molar-refractivity contribution in [2.24, 2.45) is 0 Å². The first kappa shape index (κ1) is 32.4. The van der Waals surface area contributed by atoms with Crippen molar-refractivity contribution in [2.75, 3.05) is 38.2 Å². The van der Waals surface area contributed by atoms with Crippen LogP contribution in [0.4, 0.5) is 11.6 Å². The highest BCUT2D eigenvalue weighted by Gasteiger charge is 2.29. The van der Waals surface area contributed by atoms with Crippen LogP contribution in [0.25, 0.3) is 11.1 Å². The number of aromatic nitrogens is 9. The largest absolute Gasteiger partial charge is 0.487 e. The minimum Gasteiger partial charge on any atom is -0.487 e. The molecule has 1 saturated carbocycles. The SMILES string of the molecule is CC(Cn1cnnn1)Oc1cc(-c2cnc(Nc3cn(C4CCC(N5CCOCC5)CC4)nc3OCCc3nccs3)nc2)ccc1Cl. The van der Waals surface area contributed by atoms with Crippen LogP contribution in [0.1, 0.15) is 43.7 Å². The van der Waals surface area contributed by atoms with E-state index in [1.54, 1.807) is 40.8 Å². The van der Waals surface area contributed by atoms with Crippen molar-refractivity contribution in [1.29, 1.82) is 0 Å². The number of hydrogen-bond donors (Lipinski definition) is 1. The number of hydrogen-bond acceptors (Lipinski definition) is 13. The van der Waals surface area contributed by atoms with Gasteiger partial charge >= 0.3 is 0 Å². The summed E-state index contributed by atoms with van der Waals surface area (Å²) in [6.07, 6.45) is 13.9. The maximum atomic E-state index is 6.46. The van der Waals surface area contributed by atoms with Crippen molar-refractivity contribution in [2.45, 2.75) is 63.8 Å². The van der Waals surface area contributed by atoms with Gasteiger partial charge in [-0.15, -0.1) is 21.5 Å². The lowest BCUT2D eigenvalue weighted by Gasteiger charge is -2.38. The number of nitrogens with one attached hydrogen (secondary N) is 1. The Morgan fingerprint density at radius 3 is 2.62 bits per heavy atom. The zero-order chi connectivity index (χ0) is 32.7. The minimum atomic E-state index is -0.206. The predicted molar refractivity (Wildman–Crippen MR) is 181 cm³/mol. The number of nitrogens with zero attached hydrogens (tertiary/aromatic N) is 10. The number of morpholine rings is 1. The van der Waals surface area contributed by atoms with E-state index in [2.05, 4.69) is 45.4 Å². The maximum absolute atomic E-state index is 6.46. The molecule has 0 bridgehead atoms. The summed E-state index contributed by atoms with van der Waals surface area (Å²) in [4.78, 5) is 16.2. The molecule has 252 valence electrons. The van der Waals surface area contributed by atoms with Crippen molar-refractivity contribution in [1.82, 2.24) is 49.8 Å². The van der Waals surface area contributed by atoms with Crippen LogP contribution >= 0.6 is 22.9 Å². The number of halogens is 1. The Morgan fingerprint density at radius 2 is 1.88 bits per heavy atom. The molecule has 4 aromatic heterocycles. The van der Waals surface area contributed by atoms with Crippen molar-refractivity contribution < 1.29 is 14.2 Å². The molecule has 48 heavy (non-hydrogen) atoms. The Morgan fingerprint density at radius 1 is 1.06 bits per heavy atom. The van der Waals surface area contributed by atoms with Gasteiger partial charge in [-0.1, -0.05) is 17.7 Å². The van der Waals surface area contributed by atoms with E-state index in [0.717, 1.165) is 73.8 Å². The van der Waals surface area contributed by atoms with Crippen molar-refractivity contribution >= 4 is 34.6 Å². The molecule has 1 aliphatic heterocycles. The summed E-state index contributed by atoms with van der Waals surface area (Å²) in [5, 5.41) is 23.0. The van der Waals surface area contributed by atoms with Gasteiger partial charge in [0.1, 0.15) is 23.9 Å². The van der Waals surface area contributed by atoms with Gasteiger partial charge in [-0.25, -0.2) is 19.6 Å². The lowest BCUT2D eigenvalue weighted by Crippen LogP contribution is -2.45. The van der Waals surface area contributed by atoms with E-state index in [4.69, 9.17) is 30.9 Å². The molecule has 7 rings (SSSR count). The number of tetrazole rings is 1. The quantitative estimate of drug-likeness (QED) is 0.176. The van der Waals surface area contributed by atoms with Gasteiger partial charge in [0.2, 0.25) is 5.95 Å². The third-order valence-corrected chi connectivity index (χ3v) is 9.82. The van der Waals surface area contributed by atoms with Crippen molar-refractivity contribution in [3.05, 3.63) is 64.7 Å². The van der Waals surface area contributed by atoms with Crippen LogP contribution in [-0.2, 0) is 17.7 Å². The molecule has 1 atom stereocenters. The highest BCUT2D eigenvalue weighted by molar-refractivity contribution is 7.09. The lowest BCUT2D eigenvalue weighted by molar-refractivity contribution is 0.00503. The second-order valence-electron chi connectivity index (χ2n) is 12.0. The van der Waals surface area contributed by atoms with E-state index in [1.165, 1.54) is 0 Å². The van der Waals surface area contributed by atoms with E-state index >= 15 is 0 Å². The second-order valence-corrected chi connectivity index (χ2v) is 13.4. The van der Waals surface area contributed by atoms with Crippen LogP contribution in [0.3, 0.4) is 0 Å². The van der Waals surface area contributed by atoms with Crippen molar-refractivity contribution in [3.8, 4) is 22.8 Å². The molecule has 5 heterocycles. The Hall–Kier alpha value is -4.18. The summed E-state index contributed by atoms with van der Waals surface area (Å²) in [7, 11) is 0. The van der Waals surface area contributed by atoms with E-state index < -0.39 is 0 Å². The standard InChI is InChI=1S/C32H38ClN11O3S/c1-22(19-43-21-37-40-41-43)47-29-16-23(2-7-27(29)33)24-17-35-32(36-18-24)38-28-20-44(39-31(28)46-12-8-30-34-9-15-48-30)26-5-3-25(4-6-26)42-10-13-45-14-11-42/h2,7,9,15-18,20-22,25-26H,3-6,8,10-14,19H2,1H3,(H,35,36,38). The van der Waals surface area contributed by atoms with Crippen LogP contribution in [0, 0.1) is 0 Å². The fourth-order valence-electron chi connectivity index (χ4n) is 6.21. The summed E-state index contributed by atoms with van der Waals surface area (Å²) < 4.78 is 21.5. The molecule has 2 aliphatic rings. The van der Waals surface area contributed by atoms with Crippen LogP contribution in [0.2, 0.25) is 5.02 Å². The molecule has 1 N–H and O–H groups in total. The molecule has 1 aliphatic carbocycles. The summed E-state index contributed by atoms with van der Waals surface area (Å²) in [6, 6.07) is 6.53. The van der Waals surface area contributed by atoms with Gasteiger partial charge in [0.25, 0.3) is 5.88 Å². The van der Waals surface area contributed by atoms with Gasteiger partial charge in [-0.3, -0.25) is 9.58 Å². The highest BCUT2D eigenvalue weighted by atomic mass is 35.5. The first-order valence-corrected chi connectivity index (χ1v) is 17.5. The van der Waals surface area contributed by atoms with Crippen LogP contribution < -0.4 is 14.8 Å². The first-order valence-electron chi connectivity index (χ1n) is 16.3. The number of thiazole rings is 1. The van der Waals surface area contributed by atoms with Gasteiger partial charge in [0, 0.05) is 55.1 Å². The Balaban J connectivity index is 1.03. The fraction of sp³-hybridized carbons (Fsp3) is 0.469. The summed E-state index contributed by atoms with van der Waals surface area (Å²) in [5.74, 6) is 1.53. The Bertz CT molecular complexity index is 1720. The average Bonchev–Trinajstić information content (AvgIpc) is 3.91. The number of anilines is 2. The summed E-state index contributed by atoms with van der Waals surface area (Å²) in [6.45, 7) is 6.60. The van der Waals surface area contributed by atoms with Gasteiger partial charge in [0.05, 0.1) is 48.6 Å². The number of rotatable bonds is 13. The number of benzene rings is 1. The molecule has 5 aromatic rings. The van der Waals surface area contributed by atoms with Gasteiger partial charge in [-0.2, -0.15) is 0 Å². The van der Waals surface area contributed by atoms with E-state index in [0.29, 0.717) is 54.3 Å². The molecule has 1 saturated heterocycles. The highest BCUT2D eigenvalue weighted by Crippen LogP contribution is 2.35. The summed E-state index contributed by atoms with van der Waals surface area (Å²) in [5.41, 5.74) is 2.43. The van der Waals surface area contributed by atoms with Gasteiger partial charge in [0.15, 0.2) is 0 Å². The fourth-order valence-corrected chi connectivity index (χ4v) is 6.98. The molecule has 16 heteroatoms. The van der Waals surface area contributed by atoms with Gasteiger partial charge < -0.3 is 19.5 Å². The van der Waals surface area contributed by atoms with Crippen LogP contribution in [0.15, 0.2) is 54.7 Å². The molecule has 2 fully saturated rings. The minimum absolute atomic E-state index is 0.206. The Kier molecular flexibility index (Phi) is 10.4. The van der Waals surface area contributed by atoms with Crippen LogP contribution in [0.5, 0.6) is 11.6 Å². The van der Waals surface area contributed by atoms with E-state index in [1.807, 2.05) is 36.8 Å². The van der Waals surface area contributed by atoms with Gasteiger partial charge in [-0.05, 0) is 60.7 Å². The smallest absolute Gasteiger partial charge is 0.256 e. The molecule has 1 aromatic carbocycles. The average molecular weight is 692 g/mol. The first-order chi connectivity index (χ1) is 23.6. The molecule has 0 amide bonds. The molecule has 1 unspecified atom stereocenters. The lowest BCUT2D eigenvalue weighted by atomic mass is 9.90. The normalized spacial score (nSPS) is 19.2. The molecular formula is C32H38ClN11O3S.